The van der Waals surface area contributed by atoms with Crippen molar-refractivity contribution in [2.75, 3.05) is 12.8 Å². The van der Waals surface area contributed by atoms with Crippen molar-refractivity contribution in [2.24, 2.45) is 7.05 Å². The largest absolute Gasteiger partial charge is 0.495 e. The second-order valence-electron chi connectivity index (χ2n) is 4.94. The number of benzene rings is 2. The van der Waals surface area contributed by atoms with Crippen LogP contribution in [-0.2, 0) is 7.05 Å². The highest BCUT2D eigenvalue weighted by Crippen LogP contribution is 2.29. The average Bonchev–Trinajstić information content (AvgIpc) is 2.75. The molecule has 0 amide bonds. The molecule has 0 bridgehead atoms. The average molecular weight is 267 g/mol. The van der Waals surface area contributed by atoms with Gasteiger partial charge in [-0.1, -0.05) is 6.07 Å². The Morgan fingerprint density at radius 2 is 1.95 bits per heavy atom. The van der Waals surface area contributed by atoms with Crippen LogP contribution < -0.4 is 10.5 Å². The van der Waals surface area contributed by atoms with Gasteiger partial charge in [-0.15, -0.1) is 0 Å². The van der Waals surface area contributed by atoms with E-state index >= 15 is 0 Å². The maximum atomic E-state index is 5.98. The highest BCUT2D eigenvalue weighted by atomic mass is 16.5. The molecule has 1 aromatic heterocycles. The highest BCUT2D eigenvalue weighted by molar-refractivity contribution is 5.82. The third-order valence-electron chi connectivity index (χ3n) is 3.52. The van der Waals surface area contributed by atoms with Gasteiger partial charge < -0.3 is 15.0 Å². The minimum atomic E-state index is 0.619. The Balaban J connectivity index is 2.19. The smallest absolute Gasteiger partial charge is 0.141 e. The van der Waals surface area contributed by atoms with Gasteiger partial charge in [-0.2, -0.15) is 0 Å². The molecule has 2 N–H and O–H groups in total. The van der Waals surface area contributed by atoms with E-state index in [1.807, 2.05) is 25.2 Å². The molecular weight excluding hydrogens is 250 g/mol. The van der Waals surface area contributed by atoms with Crippen LogP contribution in [0.15, 0.2) is 36.4 Å². The van der Waals surface area contributed by atoms with E-state index in [0.717, 1.165) is 22.4 Å². The maximum absolute atomic E-state index is 5.98. The summed E-state index contributed by atoms with van der Waals surface area (Å²) in [5.74, 6) is 1.59. The number of imidazole rings is 1. The Kier molecular flexibility index (Phi) is 2.86. The number of hydrogen-bond donors (Lipinski definition) is 1. The Hall–Kier alpha value is -2.49. The molecule has 0 fully saturated rings. The van der Waals surface area contributed by atoms with Crippen LogP contribution in [0.5, 0.6) is 5.75 Å². The Morgan fingerprint density at radius 1 is 1.15 bits per heavy atom. The zero-order valence-corrected chi connectivity index (χ0v) is 11.8. The number of methoxy groups -OCH3 is 1. The van der Waals surface area contributed by atoms with Crippen LogP contribution in [0.25, 0.3) is 22.4 Å². The molecule has 0 saturated carbocycles. The zero-order chi connectivity index (χ0) is 14.3. The quantitative estimate of drug-likeness (QED) is 0.726. The standard InChI is InChI=1S/C16H17N3O/c1-10-4-6-14-13(8-10)18-16(19(14)2)11-5-7-15(20-3)12(17)9-11/h4-9H,17H2,1-3H3. The summed E-state index contributed by atoms with van der Waals surface area (Å²) >= 11 is 0. The minimum Gasteiger partial charge on any atom is -0.495 e. The molecule has 0 radical (unpaired) electrons. The summed E-state index contributed by atoms with van der Waals surface area (Å²) in [6.07, 6.45) is 0. The fraction of sp³-hybridized carbons (Fsp3) is 0.188. The van der Waals surface area contributed by atoms with Crippen molar-refractivity contribution in [3.8, 4) is 17.1 Å². The van der Waals surface area contributed by atoms with Crippen molar-refractivity contribution >= 4 is 16.7 Å². The van der Waals surface area contributed by atoms with Gasteiger partial charge in [-0.05, 0) is 42.8 Å². The van der Waals surface area contributed by atoms with E-state index in [4.69, 9.17) is 15.5 Å². The van der Waals surface area contributed by atoms with Crippen LogP contribution in [0, 0.1) is 6.92 Å². The van der Waals surface area contributed by atoms with E-state index in [-0.39, 0.29) is 0 Å². The second kappa shape index (κ2) is 4.56. The minimum absolute atomic E-state index is 0.619. The number of anilines is 1. The molecule has 0 saturated heterocycles. The number of nitrogen functional groups attached to an aromatic ring is 1. The van der Waals surface area contributed by atoms with Crippen molar-refractivity contribution in [3.05, 3.63) is 42.0 Å². The molecule has 3 rings (SSSR count). The van der Waals surface area contributed by atoms with Gasteiger partial charge in [-0.25, -0.2) is 4.98 Å². The lowest BCUT2D eigenvalue weighted by atomic mass is 10.2. The molecule has 0 atom stereocenters. The number of hydrogen-bond acceptors (Lipinski definition) is 3. The summed E-state index contributed by atoms with van der Waals surface area (Å²) in [4.78, 5) is 4.71. The molecule has 1 heterocycles. The molecule has 0 aliphatic rings. The highest BCUT2D eigenvalue weighted by Gasteiger charge is 2.11. The Morgan fingerprint density at radius 3 is 2.65 bits per heavy atom. The van der Waals surface area contributed by atoms with Crippen LogP contribution in [-0.4, -0.2) is 16.7 Å². The first kappa shape index (κ1) is 12.5. The summed E-state index contributed by atoms with van der Waals surface area (Å²) in [6, 6.07) is 12.0. The molecule has 0 aliphatic carbocycles. The van der Waals surface area contributed by atoms with E-state index in [9.17, 15) is 0 Å². The van der Waals surface area contributed by atoms with Gasteiger partial charge in [0.2, 0.25) is 0 Å². The zero-order valence-electron chi connectivity index (χ0n) is 11.8. The molecule has 2 aromatic carbocycles. The van der Waals surface area contributed by atoms with Crippen molar-refractivity contribution < 1.29 is 4.74 Å². The third-order valence-corrected chi connectivity index (χ3v) is 3.52. The monoisotopic (exact) mass is 267 g/mol. The van der Waals surface area contributed by atoms with Gasteiger partial charge in [0.15, 0.2) is 0 Å². The summed E-state index contributed by atoms with van der Waals surface area (Å²) in [6.45, 7) is 2.07. The van der Waals surface area contributed by atoms with Crippen LogP contribution in [0.1, 0.15) is 5.56 Å². The fourth-order valence-electron chi connectivity index (χ4n) is 2.44. The van der Waals surface area contributed by atoms with Gasteiger partial charge in [0, 0.05) is 12.6 Å². The number of aromatic nitrogens is 2. The normalized spacial score (nSPS) is 10.9. The first-order valence-electron chi connectivity index (χ1n) is 6.47. The van der Waals surface area contributed by atoms with Crippen LogP contribution >= 0.6 is 0 Å². The molecule has 0 unspecified atom stereocenters. The fourth-order valence-corrected chi connectivity index (χ4v) is 2.44. The predicted molar refractivity (Wildman–Crippen MR) is 81.9 cm³/mol. The SMILES string of the molecule is COc1ccc(-c2nc3cc(C)ccc3n2C)cc1N. The number of aryl methyl sites for hydroxylation is 2. The molecule has 102 valence electrons. The van der Waals surface area contributed by atoms with Gasteiger partial charge in [0.1, 0.15) is 11.6 Å². The van der Waals surface area contributed by atoms with Crippen LogP contribution in [0.4, 0.5) is 5.69 Å². The first-order chi connectivity index (χ1) is 9.60. The Labute approximate surface area is 117 Å². The lowest BCUT2D eigenvalue weighted by molar-refractivity contribution is 0.417. The van der Waals surface area contributed by atoms with E-state index in [2.05, 4.69) is 29.7 Å². The van der Waals surface area contributed by atoms with E-state index < -0.39 is 0 Å². The second-order valence-corrected chi connectivity index (χ2v) is 4.94. The molecule has 4 heteroatoms. The topological polar surface area (TPSA) is 53.1 Å². The predicted octanol–water partition coefficient (Wildman–Crippen LogP) is 3.14. The molecule has 0 aliphatic heterocycles. The van der Waals surface area contributed by atoms with E-state index in [1.54, 1.807) is 7.11 Å². The van der Waals surface area contributed by atoms with Crippen molar-refractivity contribution in [2.45, 2.75) is 6.92 Å². The third kappa shape index (κ3) is 1.90. The summed E-state index contributed by atoms with van der Waals surface area (Å²) in [5.41, 5.74) is 10.9. The first-order valence-corrected chi connectivity index (χ1v) is 6.47. The summed E-state index contributed by atoms with van der Waals surface area (Å²) in [5, 5.41) is 0. The number of rotatable bonds is 2. The number of nitrogens with two attached hydrogens (primary N) is 1. The van der Waals surface area contributed by atoms with Gasteiger partial charge >= 0.3 is 0 Å². The van der Waals surface area contributed by atoms with Crippen molar-refractivity contribution in [3.63, 3.8) is 0 Å². The number of fused-ring (bicyclic) bond motifs is 1. The van der Waals surface area contributed by atoms with E-state index in [1.165, 1.54) is 5.56 Å². The number of ether oxygens (including phenoxy) is 1. The summed E-state index contributed by atoms with van der Waals surface area (Å²) < 4.78 is 7.27. The molecule has 20 heavy (non-hydrogen) atoms. The molecule has 0 spiro atoms. The van der Waals surface area contributed by atoms with Gasteiger partial charge in [0.25, 0.3) is 0 Å². The molecular formula is C16H17N3O. The lowest BCUT2D eigenvalue weighted by Crippen LogP contribution is -1.96. The van der Waals surface area contributed by atoms with Gasteiger partial charge in [0.05, 0.1) is 23.8 Å². The summed E-state index contributed by atoms with van der Waals surface area (Å²) in [7, 11) is 3.63. The van der Waals surface area contributed by atoms with E-state index in [0.29, 0.717) is 11.4 Å². The lowest BCUT2D eigenvalue weighted by Gasteiger charge is -2.07. The van der Waals surface area contributed by atoms with Crippen molar-refractivity contribution in [1.29, 1.82) is 0 Å². The molecule has 4 nitrogen and oxygen atoms in total. The van der Waals surface area contributed by atoms with Crippen LogP contribution in [0.2, 0.25) is 0 Å². The van der Waals surface area contributed by atoms with Crippen molar-refractivity contribution in [1.82, 2.24) is 9.55 Å². The maximum Gasteiger partial charge on any atom is 0.141 e. The number of nitrogens with zero attached hydrogens (tertiary/aromatic N) is 2. The molecule has 3 aromatic rings. The van der Waals surface area contributed by atoms with Gasteiger partial charge in [-0.3, -0.25) is 0 Å². The van der Waals surface area contributed by atoms with Crippen LogP contribution in [0.3, 0.4) is 0 Å². The Bertz CT molecular complexity index is 790.